The number of aromatic nitrogens is 4. The predicted octanol–water partition coefficient (Wildman–Crippen LogP) is 2.67. The lowest BCUT2D eigenvalue weighted by atomic mass is 10.4. The molecule has 0 fully saturated rings. The second-order valence-corrected chi connectivity index (χ2v) is 6.32. The van der Waals surface area contributed by atoms with Crippen molar-refractivity contribution in [2.24, 2.45) is 0 Å². The molecule has 0 spiro atoms. The van der Waals surface area contributed by atoms with Crippen molar-refractivity contribution in [1.82, 2.24) is 19.4 Å². The first-order valence-electron chi connectivity index (χ1n) is 7.61. The van der Waals surface area contributed by atoms with Crippen LogP contribution in [0.2, 0.25) is 0 Å². The molecule has 4 aromatic rings. The van der Waals surface area contributed by atoms with E-state index in [4.69, 9.17) is 0 Å². The number of imidazole rings is 1. The third-order valence-electron chi connectivity index (χ3n) is 3.73. The van der Waals surface area contributed by atoms with Crippen LogP contribution in [0.1, 0.15) is 5.82 Å². The fourth-order valence-corrected chi connectivity index (χ4v) is 3.24. The van der Waals surface area contributed by atoms with Crippen LogP contribution < -0.4 is 10.9 Å². The summed E-state index contributed by atoms with van der Waals surface area (Å²) in [5, 5.41) is 16.2. The number of pyridine rings is 1. The van der Waals surface area contributed by atoms with Crippen molar-refractivity contribution >= 4 is 28.5 Å². The van der Waals surface area contributed by atoms with E-state index in [0.29, 0.717) is 11.5 Å². The molecule has 0 aliphatic heterocycles. The van der Waals surface area contributed by atoms with Gasteiger partial charge in [0.2, 0.25) is 5.82 Å². The Bertz CT molecular complexity index is 1150. The zero-order valence-corrected chi connectivity index (χ0v) is 14.1. The molecule has 0 radical (unpaired) electrons. The van der Waals surface area contributed by atoms with Gasteiger partial charge in [0.15, 0.2) is 0 Å². The highest BCUT2D eigenvalue weighted by Gasteiger charge is 2.23. The van der Waals surface area contributed by atoms with Crippen LogP contribution in [0.15, 0.2) is 52.9 Å². The largest absolute Gasteiger partial charge is 0.376 e. The summed E-state index contributed by atoms with van der Waals surface area (Å²) in [6.45, 7) is 0.168. The van der Waals surface area contributed by atoms with Gasteiger partial charge in [0.1, 0.15) is 11.5 Å². The van der Waals surface area contributed by atoms with E-state index in [1.54, 1.807) is 35.7 Å². The number of H-pyrrole nitrogens is 1. The van der Waals surface area contributed by atoms with E-state index in [-0.39, 0.29) is 12.4 Å². The first-order chi connectivity index (χ1) is 12.6. The highest BCUT2D eigenvalue weighted by Crippen LogP contribution is 2.23. The SMILES string of the molecule is O=c1c([N+](=O)[O-])c(NCc2ncc(-c3cccs3)[nH]2)nc2ccccn12. The predicted molar refractivity (Wildman–Crippen MR) is 97.3 cm³/mol. The Morgan fingerprint density at radius 3 is 2.96 bits per heavy atom. The molecule has 0 aliphatic rings. The lowest BCUT2D eigenvalue weighted by Crippen LogP contribution is -2.21. The van der Waals surface area contributed by atoms with Crippen molar-refractivity contribution in [3.63, 3.8) is 0 Å². The minimum absolute atomic E-state index is 0.0831. The lowest BCUT2D eigenvalue weighted by molar-refractivity contribution is -0.385. The molecule has 0 amide bonds. The van der Waals surface area contributed by atoms with Gasteiger partial charge in [-0.05, 0) is 23.6 Å². The van der Waals surface area contributed by atoms with E-state index in [2.05, 4.69) is 20.3 Å². The molecule has 130 valence electrons. The molecule has 10 heteroatoms. The summed E-state index contributed by atoms with van der Waals surface area (Å²) in [6.07, 6.45) is 3.14. The minimum atomic E-state index is -0.734. The van der Waals surface area contributed by atoms with Crippen molar-refractivity contribution in [3.05, 3.63) is 74.4 Å². The lowest BCUT2D eigenvalue weighted by Gasteiger charge is -2.06. The van der Waals surface area contributed by atoms with E-state index in [1.807, 2.05) is 17.5 Å². The Morgan fingerprint density at radius 2 is 2.19 bits per heavy atom. The quantitative estimate of drug-likeness (QED) is 0.413. The van der Waals surface area contributed by atoms with E-state index in [9.17, 15) is 14.9 Å². The highest BCUT2D eigenvalue weighted by atomic mass is 32.1. The molecule has 2 N–H and O–H groups in total. The first-order valence-corrected chi connectivity index (χ1v) is 8.49. The molecule has 0 aliphatic carbocycles. The van der Waals surface area contributed by atoms with Crippen LogP contribution in [0.3, 0.4) is 0 Å². The maximum Gasteiger partial charge on any atom is 0.376 e. The van der Waals surface area contributed by atoms with Gasteiger partial charge >= 0.3 is 11.2 Å². The fraction of sp³-hybridized carbons (Fsp3) is 0.0625. The second-order valence-electron chi connectivity index (χ2n) is 5.37. The molecule has 0 saturated carbocycles. The van der Waals surface area contributed by atoms with Crippen molar-refractivity contribution in [2.75, 3.05) is 5.32 Å². The van der Waals surface area contributed by atoms with Crippen LogP contribution in [0.4, 0.5) is 11.5 Å². The minimum Gasteiger partial charge on any atom is -0.357 e. The zero-order valence-electron chi connectivity index (χ0n) is 13.2. The number of thiophene rings is 1. The van der Waals surface area contributed by atoms with Crippen LogP contribution >= 0.6 is 11.3 Å². The number of rotatable bonds is 5. The van der Waals surface area contributed by atoms with E-state index in [1.165, 1.54) is 6.20 Å². The number of anilines is 1. The van der Waals surface area contributed by atoms with Crippen molar-refractivity contribution < 1.29 is 4.92 Å². The average molecular weight is 368 g/mol. The summed E-state index contributed by atoms with van der Waals surface area (Å²) in [5.41, 5.74) is -0.150. The first kappa shape index (κ1) is 16.0. The Labute approximate surface area is 150 Å². The summed E-state index contributed by atoms with van der Waals surface area (Å²) >= 11 is 1.58. The summed E-state index contributed by atoms with van der Waals surface area (Å²) < 4.78 is 1.14. The molecule has 4 rings (SSSR count). The molecular formula is C16H12N6O3S. The monoisotopic (exact) mass is 368 g/mol. The topological polar surface area (TPSA) is 118 Å². The average Bonchev–Trinajstić information content (AvgIpc) is 3.31. The number of aromatic amines is 1. The van der Waals surface area contributed by atoms with Crippen molar-refractivity contribution in [3.8, 4) is 10.6 Å². The van der Waals surface area contributed by atoms with Crippen molar-refractivity contribution in [2.45, 2.75) is 6.54 Å². The molecule has 9 nitrogen and oxygen atoms in total. The van der Waals surface area contributed by atoms with Crippen LogP contribution in [0, 0.1) is 10.1 Å². The molecule has 4 heterocycles. The van der Waals surface area contributed by atoms with Crippen LogP contribution in [0.5, 0.6) is 0 Å². The number of hydrogen-bond donors (Lipinski definition) is 2. The summed E-state index contributed by atoms with van der Waals surface area (Å²) in [6, 6.07) is 8.83. The van der Waals surface area contributed by atoms with Crippen LogP contribution in [0.25, 0.3) is 16.2 Å². The normalized spacial score (nSPS) is 10.9. The fourth-order valence-electron chi connectivity index (χ4n) is 2.54. The standard InChI is InChI=1S/C16H12N6O3S/c23-16-14(22(24)25)15(20-13-5-1-2-6-21(13)16)18-9-12-17-8-10(19-12)11-4-3-7-26-11/h1-8,18H,9H2,(H,17,19). The van der Waals surface area contributed by atoms with Gasteiger partial charge in [-0.1, -0.05) is 12.1 Å². The van der Waals surface area contributed by atoms with Crippen LogP contribution in [-0.4, -0.2) is 24.3 Å². The van der Waals surface area contributed by atoms with Gasteiger partial charge in [-0.15, -0.1) is 11.3 Å². The summed E-state index contributed by atoms with van der Waals surface area (Å²) in [7, 11) is 0. The zero-order chi connectivity index (χ0) is 18.1. The molecular weight excluding hydrogens is 356 g/mol. The summed E-state index contributed by atoms with van der Waals surface area (Å²) in [5.74, 6) is 0.498. The maximum atomic E-state index is 12.4. The maximum absolute atomic E-state index is 12.4. The smallest absolute Gasteiger partial charge is 0.357 e. The Kier molecular flexibility index (Phi) is 3.93. The molecule has 0 atom stereocenters. The van der Waals surface area contributed by atoms with Gasteiger partial charge in [-0.25, -0.2) is 9.97 Å². The van der Waals surface area contributed by atoms with Gasteiger partial charge in [0.25, 0.3) is 0 Å². The third kappa shape index (κ3) is 2.82. The highest BCUT2D eigenvalue weighted by molar-refractivity contribution is 7.13. The molecule has 0 bridgehead atoms. The van der Waals surface area contributed by atoms with Gasteiger partial charge in [0, 0.05) is 6.20 Å². The molecule has 26 heavy (non-hydrogen) atoms. The molecule has 4 aromatic heterocycles. The molecule has 0 aromatic carbocycles. The second kappa shape index (κ2) is 6.41. The number of nitro groups is 1. The molecule has 0 unspecified atom stereocenters. The van der Waals surface area contributed by atoms with E-state index in [0.717, 1.165) is 15.0 Å². The third-order valence-corrected chi connectivity index (χ3v) is 4.63. The Morgan fingerprint density at radius 1 is 1.31 bits per heavy atom. The Hall–Kier alpha value is -3.53. The number of fused-ring (bicyclic) bond motifs is 1. The molecule has 0 saturated heterocycles. The van der Waals surface area contributed by atoms with Gasteiger partial charge in [-0.2, -0.15) is 0 Å². The number of hydrogen-bond acceptors (Lipinski definition) is 7. The van der Waals surface area contributed by atoms with Crippen molar-refractivity contribution in [1.29, 1.82) is 0 Å². The van der Waals surface area contributed by atoms with E-state index < -0.39 is 16.2 Å². The van der Waals surface area contributed by atoms with Gasteiger partial charge in [0.05, 0.1) is 28.2 Å². The van der Waals surface area contributed by atoms with Gasteiger partial charge in [-0.3, -0.25) is 19.3 Å². The summed E-state index contributed by atoms with van der Waals surface area (Å²) in [4.78, 5) is 35.6. The van der Waals surface area contributed by atoms with Crippen LogP contribution in [-0.2, 0) is 6.54 Å². The van der Waals surface area contributed by atoms with E-state index >= 15 is 0 Å². The number of nitrogens with zero attached hydrogens (tertiary/aromatic N) is 4. The van der Waals surface area contributed by atoms with Gasteiger partial charge < -0.3 is 10.3 Å². The number of nitrogens with one attached hydrogen (secondary N) is 2. The Balaban J connectivity index is 1.66.